The number of hydrogen-bond donors (Lipinski definition) is 1. The summed E-state index contributed by atoms with van der Waals surface area (Å²) in [5, 5.41) is 2.36. The molecule has 112 valence electrons. The van der Waals surface area contributed by atoms with Crippen molar-refractivity contribution in [3.05, 3.63) is 42.0 Å². The number of nitrogens with two attached hydrogens (primary N) is 1. The van der Waals surface area contributed by atoms with E-state index in [2.05, 4.69) is 62.9 Å². The lowest BCUT2D eigenvalue weighted by molar-refractivity contribution is 0.572. The third-order valence-electron chi connectivity index (χ3n) is 3.66. The van der Waals surface area contributed by atoms with E-state index in [1.807, 2.05) is 6.07 Å². The summed E-state index contributed by atoms with van der Waals surface area (Å²) in [6, 6.07) is 13.0. The van der Waals surface area contributed by atoms with Crippen molar-refractivity contribution in [3.8, 4) is 0 Å². The smallest absolute Gasteiger partial charge is 0.104 e. The van der Waals surface area contributed by atoms with Gasteiger partial charge in [0.05, 0.1) is 0 Å². The largest absolute Gasteiger partial charge is 0.389 e. The number of nitrogens with zero attached hydrogens (tertiary/aromatic N) is 1. The maximum absolute atomic E-state index is 5.86. The molecule has 0 spiro atoms. The average molecular weight is 300 g/mol. The minimum absolute atomic E-state index is 0.450. The highest BCUT2D eigenvalue weighted by molar-refractivity contribution is 7.80. The molecule has 0 aromatic heterocycles. The monoisotopic (exact) mass is 300 g/mol. The van der Waals surface area contributed by atoms with Crippen molar-refractivity contribution in [2.45, 2.75) is 33.7 Å². The van der Waals surface area contributed by atoms with Crippen LogP contribution < -0.4 is 10.6 Å². The second-order valence-corrected chi connectivity index (χ2v) is 6.62. The van der Waals surface area contributed by atoms with E-state index in [1.54, 1.807) is 0 Å². The molecular formula is C18H24N2S. The Bertz CT molecular complexity index is 647. The van der Waals surface area contributed by atoms with Crippen LogP contribution in [0.15, 0.2) is 36.4 Å². The molecule has 3 heteroatoms. The lowest BCUT2D eigenvalue weighted by Crippen LogP contribution is -2.34. The molecule has 0 unspecified atom stereocenters. The predicted molar refractivity (Wildman–Crippen MR) is 97.2 cm³/mol. The van der Waals surface area contributed by atoms with Crippen molar-refractivity contribution in [2.75, 3.05) is 11.4 Å². The van der Waals surface area contributed by atoms with Gasteiger partial charge in [0.15, 0.2) is 0 Å². The van der Waals surface area contributed by atoms with Crippen LogP contribution in [0.5, 0.6) is 0 Å². The van der Waals surface area contributed by atoms with E-state index in [0.717, 1.165) is 17.5 Å². The first-order valence-electron chi connectivity index (χ1n) is 7.50. The summed E-state index contributed by atoms with van der Waals surface area (Å²) in [4.78, 5) is 2.91. The van der Waals surface area contributed by atoms with E-state index in [4.69, 9.17) is 18.0 Å². The fraction of sp³-hybridized carbons (Fsp3) is 0.389. The van der Waals surface area contributed by atoms with Gasteiger partial charge in [-0.1, -0.05) is 50.3 Å². The van der Waals surface area contributed by atoms with Gasteiger partial charge >= 0.3 is 0 Å². The lowest BCUT2D eigenvalue weighted by atomic mass is 10.0. The molecule has 0 heterocycles. The van der Waals surface area contributed by atoms with Crippen LogP contribution in [-0.4, -0.2) is 17.6 Å². The van der Waals surface area contributed by atoms with Crippen molar-refractivity contribution < 1.29 is 0 Å². The first-order chi connectivity index (χ1) is 9.91. The summed E-state index contributed by atoms with van der Waals surface area (Å²) < 4.78 is 0. The quantitative estimate of drug-likeness (QED) is 0.833. The molecule has 0 saturated heterocycles. The highest BCUT2D eigenvalue weighted by Gasteiger charge is 2.16. The van der Waals surface area contributed by atoms with Crippen LogP contribution in [0.1, 0.15) is 33.3 Å². The molecular weight excluding hydrogens is 276 g/mol. The summed E-state index contributed by atoms with van der Waals surface area (Å²) >= 11 is 5.18. The molecule has 0 aliphatic rings. The molecule has 2 aromatic rings. The molecule has 0 radical (unpaired) electrons. The Labute approximate surface area is 132 Å². The van der Waals surface area contributed by atoms with Gasteiger partial charge in [0, 0.05) is 29.2 Å². The number of anilines is 1. The Kier molecular flexibility index (Phi) is 4.84. The summed E-state index contributed by atoms with van der Waals surface area (Å²) in [6.45, 7) is 10.0. The van der Waals surface area contributed by atoms with Gasteiger partial charge in [-0.3, -0.25) is 0 Å². The van der Waals surface area contributed by atoms with Gasteiger partial charge in [-0.05, 0) is 37.3 Å². The minimum atomic E-state index is 0.450. The molecule has 2 nitrogen and oxygen atoms in total. The van der Waals surface area contributed by atoms with Gasteiger partial charge in [0.1, 0.15) is 4.99 Å². The second-order valence-electron chi connectivity index (χ2n) is 6.18. The van der Waals surface area contributed by atoms with E-state index in [0.29, 0.717) is 16.9 Å². The number of benzene rings is 2. The van der Waals surface area contributed by atoms with Crippen LogP contribution in [0, 0.1) is 5.92 Å². The van der Waals surface area contributed by atoms with E-state index < -0.39 is 0 Å². The van der Waals surface area contributed by atoms with Crippen LogP contribution in [0.25, 0.3) is 10.8 Å². The molecule has 0 aliphatic carbocycles. The summed E-state index contributed by atoms with van der Waals surface area (Å²) in [7, 11) is 0. The number of rotatable bonds is 5. The minimum Gasteiger partial charge on any atom is -0.389 e. The normalized spacial score (nSPS) is 11.3. The van der Waals surface area contributed by atoms with E-state index in [-0.39, 0.29) is 0 Å². The zero-order valence-electron chi connectivity index (χ0n) is 13.3. The van der Waals surface area contributed by atoms with Gasteiger partial charge in [0.2, 0.25) is 0 Å². The Hall–Kier alpha value is -1.61. The van der Waals surface area contributed by atoms with Crippen LogP contribution in [0.4, 0.5) is 5.69 Å². The third-order valence-corrected chi connectivity index (χ3v) is 3.88. The van der Waals surface area contributed by atoms with Crippen LogP contribution in [0.2, 0.25) is 0 Å². The van der Waals surface area contributed by atoms with Gasteiger partial charge in [-0.2, -0.15) is 0 Å². The number of thiocarbonyl (C=S) groups is 1. The molecule has 0 atom stereocenters. The van der Waals surface area contributed by atoms with Crippen molar-refractivity contribution in [2.24, 2.45) is 11.7 Å². The molecule has 0 bridgehead atoms. The molecule has 0 saturated carbocycles. The zero-order chi connectivity index (χ0) is 15.6. The Morgan fingerprint density at radius 1 is 1.05 bits per heavy atom. The van der Waals surface area contributed by atoms with Crippen LogP contribution >= 0.6 is 12.2 Å². The van der Waals surface area contributed by atoms with E-state index in [9.17, 15) is 0 Å². The van der Waals surface area contributed by atoms with Gasteiger partial charge in [-0.15, -0.1) is 0 Å². The maximum atomic E-state index is 5.86. The van der Waals surface area contributed by atoms with Crippen molar-refractivity contribution in [3.63, 3.8) is 0 Å². The maximum Gasteiger partial charge on any atom is 0.104 e. The van der Waals surface area contributed by atoms with Crippen molar-refractivity contribution in [1.29, 1.82) is 0 Å². The van der Waals surface area contributed by atoms with Gasteiger partial charge < -0.3 is 10.6 Å². The van der Waals surface area contributed by atoms with Crippen molar-refractivity contribution in [1.82, 2.24) is 0 Å². The van der Waals surface area contributed by atoms with E-state index in [1.165, 1.54) is 11.1 Å². The van der Waals surface area contributed by atoms with Gasteiger partial charge in [0.25, 0.3) is 0 Å². The molecule has 21 heavy (non-hydrogen) atoms. The fourth-order valence-corrected chi connectivity index (χ4v) is 2.91. The molecule has 0 aliphatic heterocycles. The predicted octanol–water partition coefficient (Wildman–Crippen LogP) is 4.34. The zero-order valence-corrected chi connectivity index (χ0v) is 14.1. The fourth-order valence-electron chi connectivity index (χ4n) is 2.73. The number of fused-ring (bicyclic) bond motifs is 1. The lowest BCUT2D eigenvalue weighted by Gasteiger charge is -2.32. The average Bonchev–Trinajstić information content (AvgIpc) is 2.43. The Morgan fingerprint density at radius 2 is 1.67 bits per heavy atom. The highest BCUT2D eigenvalue weighted by atomic mass is 32.1. The summed E-state index contributed by atoms with van der Waals surface area (Å²) in [5.74, 6) is 0.612. The summed E-state index contributed by atoms with van der Waals surface area (Å²) in [5.41, 5.74) is 8.08. The second kappa shape index (κ2) is 6.44. The highest BCUT2D eigenvalue weighted by Crippen LogP contribution is 2.31. The Balaban J connectivity index is 2.64. The first kappa shape index (κ1) is 15.8. The molecule has 2 N–H and O–H groups in total. The molecule has 0 amide bonds. The third kappa shape index (κ3) is 3.35. The SMILES string of the molecule is CC(C)CN(c1ccc(C(N)=S)c2ccccc12)C(C)C. The molecule has 2 aromatic carbocycles. The van der Waals surface area contributed by atoms with Crippen LogP contribution in [0.3, 0.4) is 0 Å². The van der Waals surface area contributed by atoms with Crippen molar-refractivity contribution >= 4 is 33.7 Å². The van der Waals surface area contributed by atoms with Gasteiger partial charge in [-0.25, -0.2) is 0 Å². The Morgan fingerprint density at radius 3 is 2.19 bits per heavy atom. The summed E-state index contributed by atoms with van der Waals surface area (Å²) in [6.07, 6.45) is 0. The molecule has 2 rings (SSSR count). The molecule has 0 fully saturated rings. The van der Waals surface area contributed by atoms with E-state index >= 15 is 0 Å². The number of hydrogen-bond acceptors (Lipinski definition) is 2. The first-order valence-corrected chi connectivity index (χ1v) is 7.90. The topological polar surface area (TPSA) is 29.3 Å². The van der Waals surface area contributed by atoms with Crippen LogP contribution in [-0.2, 0) is 0 Å². The standard InChI is InChI=1S/C18H24N2S/c1-12(2)11-20(13(3)4)17-10-9-16(18(19)21)14-7-5-6-8-15(14)17/h5-10,12-13H,11H2,1-4H3,(H2,19,21).